The van der Waals surface area contributed by atoms with Gasteiger partial charge in [-0.1, -0.05) is 12.5 Å². The van der Waals surface area contributed by atoms with E-state index >= 15 is 0 Å². The first-order chi connectivity index (χ1) is 12.2. The molecular weight excluding hydrogens is 316 g/mol. The van der Waals surface area contributed by atoms with Crippen LogP contribution in [0.3, 0.4) is 0 Å². The molecule has 25 heavy (non-hydrogen) atoms. The largest absolute Gasteiger partial charge is 0.364 e. The lowest BCUT2D eigenvalue weighted by molar-refractivity contribution is -0.139. The van der Waals surface area contributed by atoms with E-state index in [0.717, 1.165) is 37.3 Å². The lowest BCUT2D eigenvalue weighted by Gasteiger charge is -2.34. The second kappa shape index (κ2) is 6.55. The smallest absolute Gasteiger partial charge is 0.226 e. The van der Waals surface area contributed by atoms with Crippen LogP contribution in [0.25, 0.3) is 0 Å². The summed E-state index contributed by atoms with van der Waals surface area (Å²) < 4.78 is 1.99. The summed E-state index contributed by atoms with van der Waals surface area (Å²) in [6.45, 7) is 2.67. The molecule has 1 aliphatic carbocycles. The molecule has 1 N–H and O–H groups in total. The molecule has 1 fully saturated rings. The lowest BCUT2D eigenvalue weighted by atomic mass is 9.84. The van der Waals surface area contributed by atoms with Crippen LogP contribution in [0.15, 0.2) is 24.3 Å². The summed E-state index contributed by atoms with van der Waals surface area (Å²) in [6, 6.07) is 9.38. The number of rotatable bonds is 4. The van der Waals surface area contributed by atoms with Gasteiger partial charge in [0.25, 0.3) is 0 Å². The molecule has 4 rings (SSSR count). The van der Waals surface area contributed by atoms with Gasteiger partial charge in [0, 0.05) is 12.5 Å². The van der Waals surface area contributed by atoms with E-state index in [2.05, 4.69) is 15.4 Å². The maximum absolute atomic E-state index is 12.4. The SMILES string of the molecule is N#Cc1cccc(NCc2cc3n(n2)CCN(C(=O)C2CCC2)C3)n1. The zero-order chi connectivity index (χ0) is 17.2. The predicted molar refractivity (Wildman–Crippen MR) is 91.3 cm³/mol. The third-order valence-electron chi connectivity index (χ3n) is 4.93. The molecule has 2 aliphatic rings. The number of nitrogens with one attached hydrogen (secondary N) is 1. The van der Waals surface area contributed by atoms with Crippen molar-refractivity contribution in [3.8, 4) is 6.07 Å². The van der Waals surface area contributed by atoms with Gasteiger partial charge in [-0.25, -0.2) is 4.98 Å². The van der Waals surface area contributed by atoms with Crippen molar-refractivity contribution < 1.29 is 4.79 Å². The molecule has 128 valence electrons. The van der Waals surface area contributed by atoms with Crippen LogP contribution in [0.1, 0.15) is 36.3 Å². The number of carbonyl (C=O) groups excluding carboxylic acids is 1. The van der Waals surface area contributed by atoms with Crippen molar-refractivity contribution >= 4 is 11.7 Å². The number of amides is 1. The molecule has 1 amide bonds. The van der Waals surface area contributed by atoms with Gasteiger partial charge in [0.15, 0.2) is 0 Å². The van der Waals surface area contributed by atoms with Gasteiger partial charge in [-0.15, -0.1) is 0 Å². The van der Waals surface area contributed by atoms with Gasteiger partial charge in [0.05, 0.1) is 31.0 Å². The van der Waals surface area contributed by atoms with E-state index in [9.17, 15) is 4.79 Å². The highest BCUT2D eigenvalue weighted by atomic mass is 16.2. The zero-order valence-electron chi connectivity index (χ0n) is 14.0. The van der Waals surface area contributed by atoms with Crippen molar-refractivity contribution in [1.82, 2.24) is 19.7 Å². The average molecular weight is 336 g/mol. The van der Waals surface area contributed by atoms with Crippen LogP contribution < -0.4 is 5.32 Å². The maximum Gasteiger partial charge on any atom is 0.226 e. The molecule has 0 radical (unpaired) electrons. The Balaban J connectivity index is 1.40. The standard InChI is InChI=1S/C18H20N6O/c19-10-14-5-2-6-17(21-14)20-11-15-9-16-12-23(7-8-24(16)22-15)18(25)13-3-1-4-13/h2,5-6,9,13H,1,3-4,7-8,11-12H2,(H,20,21). The third kappa shape index (κ3) is 3.20. The van der Waals surface area contributed by atoms with Crippen molar-refractivity contribution in [2.45, 2.75) is 38.9 Å². The second-order valence-electron chi connectivity index (χ2n) is 6.61. The topological polar surface area (TPSA) is 86.8 Å². The minimum absolute atomic E-state index is 0.245. The molecule has 1 aliphatic heterocycles. The molecule has 7 nitrogen and oxygen atoms in total. The number of nitriles is 1. The van der Waals surface area contributed by atoms with Crippen LogP contribution >= 0.6 is 0 Å². The molecule has 3 heterocycles. The second-order valence-corrected chi connectivity index (χ2v) is 6.61. The minimum atomic E-state index is 0.245. The van der Waals surface area contributed by atoms with Crippen LogP contribution in [0, 0.1) is 17.2 Å². The Morgan fingerprint density at radius 1 is 1.36 bits per heavy atom. The van der Waals surface area contributed by atoms with Crippen LogP contribution in [-0.4, -0.2) is 32.1 Å². The van der Waals surface area contributed by atoms with Gasteiger partial charge < -0.3 is 10.2 Å². The fourth-order valence-electron chi connectivity index (χ4n) is 3.29. The van der Waals surface area contributed by atoms with E-state index in [1.165, 1.54) is 6.42 Å². The molecular formula is C18H20N6O. The van der Waals surface area contributed by atoms with E-state index < -0.39 is 0 Å². The van der Waals surface area contributed by atoms with E-state index in [0.29, 0.717) is 30.5 Å². The van der Waals surface area contributed by atoms with Crippen molar-refractivity contribution in [2.24, 2.45) is 5.92 Å². The third-order valence-corrected chi connectivity index (χ3v) is 4.93. The van der Waals surface area contributed by atoms with Gasteiger partial charge in [0.1, 0.15) is 17.6 Å². The maximum atomic E-state index is 12.4. The average Bonchev–Trinajstić information content (AvgIpc) is 3.00. The number of carbonyl (C=O) groups is 1. The summed E-state index contributed by atoms with van der Waals surface area (Å²) in [5, 5.41) is 16.7. The van der Waals surface area contributed by atoms with Gasteiger partial charge in [-0.2, -0.15) is 10.4 Å². The summed E-state index contributed by atoms with van der Waals surface area (Å²) in [7, 11) is 0. The highest BCUT2D eigenvalue weighted by molar-refractivity contribution is 5.79. The van der Waals surface area contributed by atoms with Gasteiger partial charge in [0.2, 0.25) is 5.91 Å². The fraction of sp³-hybridized carbons (Fsp3) is 0.444. The van der Waals surface area contributed by atoms with E-state index in [4.69, 9.17) is 5.26 Å². The highest BCUT2D eigenvalue weighted by Gasteiger charge is 2.31. The Labute approximate surface area is 146 Å². The molecule has 0 spiro atoms. The van der Waals surface area contributed by atoms with E-state index in [1.807, 2.05) is 27.8 Å². The van der Waals surface area contributed by atoms with Crippen molar-refractivity contribution in [1.29, 1.82) is 5.26 Å². The van der Waals surface area contributed by atoms with Gasteiger partial charge >= 0.3 is 0 Å². The number of nitrogens with zero attached hydrogens (tertiary/aromatic N) is 5. The molecule has 1 saturated carbocycles. The normalized spacial score (nSPS) is 16.7. The summed E-state index contributed by atoms with van der Waals surface area (Å²) in [5.74, 6) is 1.21. The quantitative estimate of drug-likeness (QED) is 0.921. The zero-order valence-corrected chi connectivity index (χ0v) is 14.0. The van der Waals surface area contributed by atoms with Crippen LogP contribution in [0.4, 0.5) is 5.82 Å². The first kappa shape index (κ1) is 15.6. The number of hydrogen-bond donors (Lipinski definition) is 1. The van der Waals surface area contributed by atoms with Crippen LogP contribution in [-0.2, 0) is 24.4 Å². The number of fused-ring (bicyclic) bond motifs is 1. The summed E-state index contributed by atoms with van der Waals surface area (Å²) in [6.07, 6.45) is 3.26. The first-order valence-corrected chi connectivity index (χ1v) is 8.68. The predicted octanol–water partition coefficient (Wildman–Crippen LogP) is 1.90. The number of pyridine rings is 1. The van der Waals surface area contributed by atoms with Crippen molar-refractivity contribution in [3.05, 3.63) is 41.3 Å². The Morgan fingerprint density at radius 3 is 3.00 bits per heavy atom. The van der Waals surface area contributed by atoms with Crippen molar-refractivity contribution in [3.63, 3.8) is 0 Å². The lowest BCUT2D eigenvalue weighted by Crippen LogP contribution is -2.43. The van der Waals surface area contributed by atoms with Gasteiger partial charge in [-0.05, 0) is 31.0 Å². The Hall–Kier alpha value is -2.88. The minimum Gasteiger partial charge on any atom is -0.364 e. The monoisotopic (exact) mass is 336 g/mol. The molecule has 0 saturated heterocycles. The number of aromatic nitrogens is 3. The van der Waals surface area contributed by atoms with Crippen LogP contribution in [0.2, 0.25) is 0 Å². The Kier molecular flexibility index (Phi) is 4.10. The molecule has 2 aromatic rings. The molecule has 0 aromatic carbocycles. The number of hydrogen-bond acceptors (Lipinski definition) is 5. The van der Waals surface area contributed by atoms with E-state index in [-0.39, 0.29) is 5.92 Å². The summed E-state index contributed by atoms with van der Waals surface area (Å²) in [5.41, 5.74) is 2.38. The Morgan fingerprint density at radius 2 is 2.24 bits per heavy atom. The molecule has 7 heteroatoms. The summed E-state index contributed by atoms with van der Waals surface area (Å²) in [4.78, 5) is 18.6. The van der Waals surface area contributed by atoms with Crippen molar-refractivity contribution in [2.75, 3.05) is 11.9 Å². The molecule has 2 aromatic heterocycles. The fourth-order valence-corrected chi connectivity index (χ4v) is 3.29. The first-order valence-electron chi connectivity index (χ1n) is 8.68. The molecule has 0 bridgehead atoms. The van der Waals surface area contributed by atoms with E-state index in [1.54, 1.807) is 12.1 Å². The van der Waals surface area contributed by atoms with Gasteiger partial charge in [-0.3, -0.25) is 9.48 Å². The molecule has 0 atom stereocenters. The van der Waals surface area contributed by atoms with Crippen LogP contribution in [0.5, 0.6) is 0 Å². The summed E-state index contributed by atoms with van der Waals surface area (Å²) >= 11 is 0. The molecule has 0 unspecified atom stereocenters. The highest BCUT2D eigenvalue weighted by Crippen LogP contribution is 2.29. The Bertz CT molecular complexity index is 832. The number of anilines is 1.